The van der Waals surface area contributed by atoms with Crippen molar-refractivity contribution in [3.8, 4) is 45.6 Å². The number of thioether (sulfide) groups is 1. The third-order valence-electron chi connectivity index (χ3n) is 21.2. The van der Waals surface area contributed by atoms with Crippen LogP contribution in [0.15, 0.2) is 183 Å². The van der Waals surface area contributed by atoms with E-state index in [1.54, 1.807) is 49.1 Å². The fourth-order valence-electron chi connectivity index (χ4n) is 15.4. The Balaban J connectivity index is 0.000000386. The molecule has 7 aliphatic heterocycles. The zero-order chi connectivity index (χ0) is 76.1. The molecule has 3 N–H and O–H groups in total. The standard InChI is InChI=1S/C65H83N9O11S.C20H14N4.Ru/c1-3-4-30-73-61(77)56-50(21-20-44-15-9-8-10-16-44)85-52(58(56)62(73)78)23-22-51-57-55(63(79)74(64(57)80)35-37-83-39-38-82-36-28-68-60(76)45-25-27-67-47(41-45)46-40-43(2)24-26-66-46)49(84-51)17-11-6-5-7-14-29-71-31-33-72(34-32-71)54(75)19-13-12-18-53-59-48(42-86-53)69-65(81)70-59;1-3-13-21-15(7-1)17-9-5-11-19(23-17)20-12-6-10-18(24-20)16-8-2-4-14-22-16;/h8-11,15-17,20-27,40-41,48-53,55-59H,3-7,12-14,18-19,28-39,42H2,1-2H3,(H,68,76)(H2,69,70,81);1-14H;/b17-11+,21-20-,23-22-;;. The number of unbranched alkanes of at least 4 members (excludes halogenated alkanes) is 5. The number of carbonyl (C=O) groups excluding carboxylic acids is 7. The van der Waals surface area contributed by atoms with Gasteiger partial charge in [0.05, 0.1) is 139 Å². The minimum absolute atomic E-state index is 0. The molecule has 7 saturated heterocycles. The molecule has 7 aliphatic rings. The number of imide groups is 2. The number of carbonyl (C=O) groups is 7. The molecule has 7 fully saturated rings. The minimum Gasteiger partial charge on any atom is -0.377 e. The smallest absolute Gasteiger partial charge is 0.315 e. The van der Waals surface area contributed by atoms with Crippen molar-refractivity contribution in [2.24, 2.45) is 23.7 Å². The van der Waals surface area contributed by atoms with E-state index in [9.17, 15) is 33.6 Å². The summed E-state index contributed by atoms with van der Waals surface area (Å²) in [4.78, 5) is 128. The molecule has 6 aromatic heterocycles. The molecule has 111 heavy (non-hydrogen) atoms. The van der Waals surface area contributed by atoms with Crippen LogP contribution in [0.2, 0.25) is 0 Å². The zero-order valence-corrected chi connectivity index (χ0v) is 65.3. The maximum Gasteiger partial charge on any atom is 0.315 e. The first-order valence-electron chi connectivity index (χ1n) is 38.7. The van der Waals surface area contributed by atoms with E-state index in [-0.39, 0.29) is 113 Å². The number of allylic oxidation sites excluding steroid dienone is 1. The number of aromatic nitrogens is 6. The van der Waals surface area contributed by atoms with Gasteiger partial charge in [-0.3, -0.25) is 63.4 Å². The maximum absolute atomic E-state index is 14.4. The first-order valence-corrected chi connectivity index (χ1v) is 39.8. The van der Waals surface area contributed by atoms with E-state index in [0.717, 1.165) is 135 Å². The van der Waals surface area contributed by atoms with Crippen molar-refractivity contribution < 1.29 is 72.0 Å². The molecular weight excluding hydrogens is 1510 g/mol. The van der Waals surface area contributed by atoms with Crippen LogP contribution < -0.4 is 16.0 Å². The van der Waals surface area contributed by atoms with Crippen molar-refractivity contribution in [3.05, 3.63) is 199 Å². The molecule has 0 spiro atoms. The van der Waals surface area contributed by atoms with Gasteiger partial charge in [-0.2, -0.15) is 11.8 Å². The Kier molecular flexibility index (Phi) is 29.4. The topological polar surface area (TPSA) is 283 Å². The van der Waals surface area contributed by atoms with Crippen LogP contribution in [0.25, 0.3) is 51.6 Å². The molecule has 1 aromatic carbocycles. The second kappa shape index (κ2) is 40.2. The Morgan fingerprint density at radius 1 is 0.550 bits per heavy atom. The van der Waals surface area contributed by atoms with Gasteiger partial charge in [0.25, 0.3) is 5.91 Å². The van der Waals surface area contributed by atoms with Gasteiger partial charge in [0.1, 0.15) is 0 Å². The maximum atomic E-state index is 14.4. The molecule has 11 atom stereocenters. The van der Waals surface area contributed by atoms with Crippen LogP contribution in [0, 0.1) is 30.6 Å². The minimum atomic E-state index is -0.821. The van der Waals surface area contributed by atoms with E-state index >= 15 is 0 Å². The summed E-state index contributed by atoms with van der Waals surface area (Å²) in [5.41, 5.74) is 8.71. The fourth-order valence-corrected chi connectivity index (χ4v) is 16.9. The number of rotatable bonds is 33. The van der Waals surface area contributed by atoms with Crippen molar-refractivity contribution in [1.29, 1.82) is 0 Å². The Bertz CT molecular complexity index is 4320. The van der Waals surface area contributed by atoms with Crippen LogP contribution in [0.4, 0.5) is 4.79 Å². The second-order valence-electron chi connectivity index (χ2n) is 28.6. The molecule has 11 unspecified atom stereocenters. The summed E-state index contributed by atoms with van der Waals surface area (Å²) in [6.45, 7) is 9.59. The number of benzene rings is 1. The van der Waals surface area contributed by atoms with Gasteiger partial charge in [-0.25, -0.2) is 14.8 Å². The summed E-state index contributed by atoms with van der Waals surface area (Å²) < 4.78 is 24.7. The van der Waals surface area contributed by atoms with Crippen molar-refractivity contribution >= 4 is 59.3 Å². The number of hydrogen-bond acceptors (Lipinski definition) is 19. The van der Waals surface area contributed by atoms with Crippen LogP contribution in [-0.4, -0.2) is 217 Å². The Hall–Kier alpha value is -9.40. The predicted molar refractivity (Wildman–Crippen MR) is 419 cm³/mol. The van der Waals surface area contributed by atoms with E-state index in [1.807, 2.05) is 170 Å². The zero-order valence-electron chi connectivity index (χ0n) is 62.7. The number of nitrogens with one attached hydrogen (secondary N) is 3. The largest absolute Gasteiger partial charge is 0.377 e. The molecule has 0 radical (unpaired) electrons. The second-order valence-corrected chi connectivity index (χ2v) is 29.9. The molecule has 7 aromatic rings. The summed E-state index contributed by atoms with van der Waals surface area (Å²) in [5, 5.41) is 9.32. The number of likely N-dealkylation sites (tertiary alicyclic amines) is 2. The molecule has 8 amide bonds. The number of amides is 8. The van der Waals surface area contributed by atoms with Crippen LogP contribution in [-0.2, 0) is 62.4 Å². The summed E-state index contributed by atoms with van der Waals surface area (Å²) in [5.74, 6) is -3.33. The number of hydrogen-bond donors (Lipinski definition) is 3. The van der Waals surface area contributed by atoms with E-state index in [0.29, 0.717) is 41.6 Å². The Morgan fingerprint density at radius 2 is 1.12 bits per heavy atom. The number of nitrogens with zero attached hydrogens (tertiary/aromatic N) is 10. The van der Waals surface area contributed by atoms with Crippen LogP contribution in [0.5, 0.6) is 0 Å². The van der Waals surface area contributed by atoms with Gasteiger partial charge in [-0.1, -0.05) is 117 Å². The summed E-state index contributed by atoms with van der Waals surface area (Å²) in [6, 6.07) is 40.6. The molecule has 0 bridgehead atoms. The van der Waals surface area contributed by atoms with Gasteiger partial charge in [0.15, 0.2) is 0 Å². The Labute approximate surface area is 665 Å². The van der Waals surface area contributed by atoms with Crippen molar-refractivity contribution in [2.75, 3.05) is 84.5 Å². The van der Waals surface area contributed by atoms with E-state index in [2.05, 4.69) is 40.8 Å². The Morgan fingerprint density at radius 3 is 1.74 bits per heavy atom. The number of pyridine rings is 6. The average Bonchev–Trinajstić information content (AvgIpc) is 1.59. The normalized spacial score (nSPS) is 23.4. The molecule has 0 saturated carbocycles. The van der Waals surface area contributed by atoms with Crippen LogP contribution >= 0.6 is 11.8 Å². The van der Waals surface area contributed by atoms with Gasteiger partial charge in [-0.05, 0) is 136 Å². The number of fused-ring (bicyclic) bond motifs is 3. The number of ether oxygens (including phenoxy) is 4. The van der Waals surface area contributed by atoms with Gasteiger partial charge >= 0.3 is 6.03 Å². The molecule has 13 heterocycles. The number of urea groups is 1. The summed E-state index contributed by atoms with van der Waals surface area (Å²) in [6.07, 6.45) is 23.8. The molecule has 14 rings (SSSR count). The molecular formula is C85H97N13O11RuS. The van der Waals surface area contributed by atoms with Crippen molar-refractivity contribution in [2.45, 2.75) is 120 Å². The SMILES string of the molecule is CCCCN1C(=O)C2C(/C=C\c3ccccc3)OC(/C=C\C3OC(/C=C/CCCCCN4CCN(C(=O)CCCCC5SCC6NC(=O)NC65)CC4)C4C(=O)N(CCOCCOCCNC(=O)c5ccnc(-c6cc(C)ccn6)c5)C(=O)C34)C2C1=O.[Ru].c1ccc(-c2cccc(-c3cccc(-c4ccccn4)n3)n2)nc1. The monoisotopic (exact) mass is 1610 g/mol. The van der Waals surface area contributed by atoms with Crippen LogP contribution in [0.1, 0.15) is 92.6 Å². The number of piperazine rings is 1. The van der Waals surface area contributed by atoms with Crippen molar-refractivity contribution in [3.63, 3.8) is 0 Å². The summed E-state index contributed by atoms with van der Waals surface area (Å²) >= 11 is 1.91. The molecule has 582 valence electrons. The summed E-state index contributed by atoms with van der Waals surface area (Å²) in [7, 11) is 0. The van der Waals surface area contributed by atoms with Gasteiger partial charge in [0, 0.05) is 107 Å². The third kappa shape index (κ3) is 20.8. The van der Waals surface area contributed by atoms with E-state index in [1.165, 1.54) is 9.80 Å². The van der Waals surface area contributed by atoms with Gasteiger partial charge < -0.3 is 39.8 Å². The molecule has 24 nitrogen and oxygen atoms in total. The third-order valence-corrected chi connectivity index (χ3v) is 22.7. The predicted octanol–water partition coefficient (Wildman–Crippen LogP) is 10.3. The van der Waals surface area contributed by atoms with E-state index in [4.69, 9.17) is 28.9 Å². The first kappa shape index (κ1) is 81.1. The first-order chi connectivity index (χ1) is 53.8. The molecule has 0 aliphatic carbocycles. The van der Waals surface area contributed by atoms with E-state index < -0.39 is 48.1 Å². The average molecular weight is 1610 g/mol. The molecule has 26 heteroatoms. The quantitative estimate of drug-likeness (QED) is 0.0113. The van der Waals surface area contributed by atoms with Gasteiger partial charge in [0.2, 0.25) is 29.5 Å². The fraction of sp³-hybridized carbons (Fsp3) is 0.424. The van der Waals surface area contributed by atoms with Crippen LogP contribution in [0.3, 0.4) is 0 Å². The van der Waals surface area contributed by atoms with Crippen molar-refractivity contribution in [1.82, 2.24) is 65.5 Å². The number of aryl methyl sites for hydroxylation is 1. The van der Waals surface area contributed by atoms with Gasteiger partial charge in [-0.15, -0.1) is 0 Å².